The maximum absolute atomic E-state index is 11.7. The van der Waals surface area contributed by atoms with Crippen molar-refractivity contribution in [2.45, 2.75) is 4.90 Å². The summed E-state index contributed by atoms with van der Waals surface area (Å²) in [5.74, 6) is 0.626. The number of nitrogens with one attached hydrogen (secondary N) is 1. The molecule has 1 N–H and O–H groups in total. The molecule has 16 heavy (non-hydrogen) atoms. The summed E-state index contributed by atoms with van der Waals surface area (Å²) in [5.41, 5.74) is 0. The molecule has 0 radical (unpaired) electrons. The SMILES string of the molecule is CNCCN(C)C(=O)CSc1ccncc1. The van der Waals surface area contributed by atoms with Crippen LogP contribution in [0.4, 0.5) is 0 Å². The summed E-state index contributed by atoms with van der Waals surface area (Å²) in [6.07, 6.45) is 3.47. The van der Waals surface area contributed by atoms with Crippen LogP contribution in [0.15, 0.2) is 29.4 Å². The van der Waals surface area contributed by atoms with Crippen molar-refractivity contribution in [3.05, 3.63) is 24.5 Å². The van der Waals surface area contributed by atoms with E-state index in [1.807, 2.05) is 26.2 Å². The first-order valence-electron chi connectivity index (χ1n) is 5.15. The molecular weight excluding hydrogens is 222 g/mol. The Balaban J connectivity index is 2.29. The van der Waals surface area contributed by atoms with Crippen LogP contribution in [0.1, 0.15) is 0 Å². The number of carbonyl (C=O) groups is 1. The third kappa shape index (κ3) is 4.63. The minimum Gasteiger partial charge on any atom is -0.344 e. The third-order valence-electron chi connectivity index (χ3n) is 2.14. The van der Waals surface area contributed by atoms with Crippen LogP contribution in [0.5, 0.6) is 0 Å². The zero-order valence-electron chi connectivity index (χ0n) is 9.64. The zero-order valence-corrected chi connectivity index (χ0v) is 10.5. The lowest BCUT2D eigenvalue weighted by Gasteiger charge is -2.16. The fourth-order valence-electron chi connectivity index (χ4n) is 1.09. The van der Waals surface area contributed by atoms with Gasteiger partial charge in [0.15, 0.2) is 0 Å². The quantitative estimate of drug-likeness (QED) is 0.748. The van der Waals surface area contributed by atoms with Crippen molar-refractivity contribution in [1.82, 2.24) is 15.2 Å². The molecule has 1 heterocycles. The van der Waals surface area contributed by atoms with Gasteiger partial charge in [-0.05, 0) is 19.2 Å². The van der Waals surface area contributed by atoms with E-state index < -0.39 is 0 Å². The minimum atomic E-state index is 0.150. The Hall–Kier alpha value is -1.07. The Morgan fingerprint density at radius 2 is 2.19 bits per heavy atom. The van der Waals surface area contributed by atoms with Gasteiger partial charge in [-0.1, -0.05) is 0 Å². The van der Waals surface area contributed by atoms with E-state index >= 15 is 0 Å². The first kappa shape index (κ1) is 13.0. The number of amides is 1. The first-order chi connectivity index (χ1) is 7.74. The number of hydrogen-bond donors (Lipinski definition) is 1. The van der Waals surface area contributed by atoms with E-state index in [2.05, 4.69) is 10.3 Å². The van der Waals surface area contributed by atoms with Crippen molar-refractivity contribution in [1.29, 1.82) is 0 Å². The van der Waals surface area contributed by atoms with Gasteiger partial charge in [-0.25, -0.2) is 0 Å². The van der Waals surface area contributed by atoms with Gasteiger partial charge in [-0.2, -0.15) is 0 Å². The van der Waals surface area contributed by atoms with E-state index in [0.717, 1.165) is 18.0 Å². The summed E-state index contributed by atoms with van der Waals surface area (Å²) in [6, 6.07) is 3.82. The molecule has 0 bridgehead atoms. The molecule has 1 amide bonds. The molecule has 1 aromatic heterocycles. The molecule has 0 aliphatic heterocycles. The third-order valence-corrected chi connectivity index (χ3v) is 3.13. The average Bonchev–Trinajstić information content (AvgIpc) is 2.34. The smallest absolute Gasteiger partial charge is 0.232 e. The second-order valence-electron chi connectivity index (χ2n) is 3.39. The summed E-state index contributed by atoms with van der Waals surface area (Å²) >= 11 is 1.54. The van der Waals surface area contributed by atoms with Crippen LogP contribution >= 0.6 is 11.8 Å². The molecular formula is C11H17N3OS. The molecule has 1 aromatic rings. The summed E-state index contributed by atoms with van der Waals surface area (Å²) < 4.78 is 0. The van der Waals surface area contributed by atoms with Crippen molar-refractivity contribution >= 4 is 17.7 Å². The molecule has 4 nitrogen and oxygen atoms in total. The second kappa shape index (κ2) is 7.24. The van der Waals surface area contributed by atoms with Crippen molar-refractivity contribution in [3.8, 4) is 0 Å². The normalized spacial score (nSPS) is 10.1. The molecule has 1 rings (SSSR count). The van der Waals surface area contributed by atoms with Crippen molar-refractivity contribution in [3.63, 3.8) is 0 Å². The minimum absolute atomic E-state index is 0.150. The topological polar surface area (TPSA) is 45.2 Å². The highest BCUT2D eigenvalue weighted by Crippen LogP contribution is 2.16. The van der Waals surface area contributed by atoms with Crippen LogP contribution in [0.25, 0.3) is 0 Å². The Morgan fingerprint density at radius 3 is 2.81 bits per heavy atom. The standard InChI is InChI=1S/C11H17N3OS/c1-12-7-8-14(2)11(15)9-16-10-3-5-13-6-4-10/h3-6,12H,7-9H2,1-2H3. The molecule has 5 heteroatoms. The van der Waals surface area contributed by atoms with Gasteiger partial charge >= 0.3 is 0 Å². The lowest BCUT2D eigenvalue weighted by Crippen LogP contribution is -2.33. The summed E-state index contributed by atoms with van der Waals surface area (Å²) in [7, 11) is 3.71. The lowest BCUT2D eigenvalue weighted by molar-refractivity contribution is -0.127. The average molecular weight is 239 g/mol. The van der Waals surface area contributed by atoms with Gasteiger partial charge in [0.25, 0.3) is 0 Å². The highest BCUT2D eigenvalue weighted by molar-refractivity contribution is 8.00. The van der Waals surface area contributed by atoms with E-state index in [9.17, 15) is 4.79 Å². The van der Waals surface area contributed by atoms with Gasteiger partial charge < -0.3 is 10.2 Å². The number of carbonyl (C=O) groups excluding carboxylic acids is 1. The number of nitrogens with zero attached hydrogens (tertiary/aromatic N) is 2. The van der Waals surface area contributed by atoms with Crippen LogP contribution in [0.3, 0.4) is 0 Å². The van der Waals surface area contributed by atoms with Gasteiger partial charge in [0, 0.05) is 37.4 Å². The van der Waals surface area contributed by atoms with Crippen LogP contribution in [-0.2, 0) is 4.79 Å². The molecule has 0 aliphatic rings. The van der Waals surface area contributed by atoms with E-state index in [1.54, 1.807) is 17.3 Å². The largest absolute Gasteiger partial charge is 0.344 e. The van der Waals surface area contributed by atoms with Crippen molar-refractivity contribution < 1.29 is 4.79 Å². The number of rotatable bonds is 6. The van der Waals surface area contributed by atoms with Gasteiger partial charge in [0.1, 0.15) is 0 Å². The van der Waals surface area contributed by atoms with Crippen molar-refractivity contribution in [2.75, 3.05) is 32.9 Å². The van der Waals surface area contributed by atoms with E-state index in [0.29, 0.717) is 5.75 Å². The molecule has 0 atom stereocenters. The maximum atomic E-state index is 11.7. The van der Waals surface area contributed by atoms with E-state index in [-0.39, 0.29) is 5.91 Å². The number of aromatic nitrogens is 1. The van der Waals surface area contributed by atoms with Gasteiger partial charge in [-0.3, -0.25) is 9.78 Å². The van der Waals surface area contributed by atoms with Gasteiger partial charge in [-0.15, -0.1) is 11.8 Å². The highest BCUT2D eigenvalue weighted by Gasteiger charge is 2.08. The maximum Gasteiger partial charge on any atom is 0.232 e. The highest BCUT2D eigenvalue weighted by atomic mass is 32.2. The van der Waals surface area contributed by atoms with Crippen LogP contribution in [0.2, 0.25) is 0 Å². The summed E-state index contributed by atoms with van der Waals surface area (Å²) in [4.78, 5) is 18.4. The van der Waals surface area contributed by atoms with Gasteiger partial charge in [0.2, 0.25) is 5.91 Å². The lowest BCUT2D eigenvalue weighted by atomic mass is 10.5. The van der Waals surface area contributed by atoms with E-state index in [4.69, 9.17) is 0 Å². The predicted molar refractivity (Wildman–Crippen MR) is 66.5 cm³/mol. The Kier molecular flexibility index (Phi) is 5.88. The van der Waals surface area contributed by atoms with E-state index in [1.165, 1.54) is 11.8 Å². The predicted octanol–water partition coefficient (Wildman–Crippen LogP) is 0.851. The van der Waals surface area contributed by atoms with Crippen molar-refractivity contribution in [2.24, 2.45) is 0 Å². The molecule has 0 saturated carbocycles. The molecule has 0 spiro atoms. The second-order valence-corrected chi connectivity index (χ2v) is 4.44. The molecule has 0 aliphatic carbocycles. The molecule has 0 aromatic carbocycles. The van der Waals surface area contributed by atoms with Crippen LogP contribution in [-0.4, -0.2) is 48.7 Å². The number of likely N-dealkylation sites (N-methyl/N-ethyl adjacent to an activating group) is 2. The Labute approximate surface area is 100 Å². The Morgan fingerprint density at radius 1 is 1.50 bits per heavy atom. The molecule has 88 valence electrons. The number of thioether (sulfide) groups is 1. The molecule has 0 saturated heterocycles. The fourth-order valence-corrected chi connectivity index (χ4v) is 1.92. The first-order valence-corrected chi connectivity index (χ1v) is 6.14. The summed E-state index contributed by atoms with van der Waals surface area (Å²) in [6.45, 7) is 1.56. The fraction of sp³-hybridized carbons (Fsp3) is 0.455. The van der Waals surface area contributed by atoms with Crippen LogP contribution < -0.4 is 5.32 Å². The molecule has 0 unspecified atom stereocenters. The number of hydrogen-bond acceptors (Lipinski definition) is 4. The van der Waals surface area contributed by atoms with Crippen LogP contribution in [0, 0.1) is 0 Å². The Bertz CT molecular complexity index is 318. The number of pyridine rings is 1. The monoisotopic (exact) mass is 239 g/mol. The summed E-state index contributed by atoms with van der Waals surface area (Å²) in [5, 5.41) is 3.02. The molecule has 0 fully saturated rings. The van der Waals surface area contributed by atoms with Gasteiger partial charge in [0.05, 0.1) is 5.75 Å². The zero-order chi connectivity index (χ0) is 11.8.